The lowest BCUT2D eigenvalue weighted by Crippen LogP contribution is -2.28. The van der Waals surface area contributed by atoms with Crippen LogP contribution in [0.2, 0.25) is 0 Å². The van der Waals surface area contributed by atoms with Crippen molar-refractivity contribution in [3.05, 3.63) is 58.3 Å². The van der Waals surface area contributed by atoms with Gasteiger partial charge in [0.1, 0.15) is 17.9 Å². The van der Waals surface area contributed by atoms with Gasteiger partial charge >= 0.3 is 0 Å². The zero-order valence-corrected chi connectivity index (χ0v) is 16.2. The Morgan fingerprint density at radius 1 is 1.17 bits per heavy atom. The van der Waals surface area contributed by atoms with E-state index in [0.29, 0.717) is 11.5 Å². The number of hydrogen-bond donors (Lipinski definition) is 1. The molecular formula is C19H18N4O7. The molecule has 0 saturated carbocycles. The van der Waals surface area contributed by atoms with E-state index < -0.39 is 16.5 Å². The molecule has 0 spiro atoms. The van der Waals surface area contributed by atoms with Gasteiger partial charge in [0.25, 0.3) is 11.6 Å². The number of amides is 1. The summed E-state index contributed by atoms with van der Waals surface area (Å²) in [6.45, 7) is 0.174. The molecule has 1 amide bonds. The molecule has 156 valence electrons. The van der Waals surface area contributed by atoms with Crippen molar-refractivity contribution in [2.45, 2.75) is 0 Å². The minimum atomic E-state index is -0.663. The van der Waals surface area contributed by atoms with Crippen LogP contribution in [0, 0.1) is 10.1 Å². The van der Waals surface area contributed by atoms with E-state index in [0.717, 1.165) is 6.07 Å². The number of rotatable bonds is 9. The van der Waals surface area contributed by atoms with Crippen LogP contribution in [0.3, 0.4) is 0 Å². The Labute approximate surface area is 170 Å². The first-order valence-electron chi connectivity index (χ1n) is 8.72. The van der Waals surface area contributed by atoms with E-state index in [1.165, 1.54) is 26.5 Å². The Balaban J connectivity index is 1.58. The third-order valence-electron chi connectivity index (χ3n) is 3.99. The third kappa shape index (κ3) is 4.63. The Hall–Kier alpha value is -4.15. The van der Waals surface area contributed by atoms with E-state index in [-0.39, 0.29) is 36.1 Å². The SMILES string of the molecule is COc1cc(C(=O)NCCOc2ccc(-c3ccco3)nn2)c([N+](=O)[O-])cc1OC. The fourth-order valence-electron chi connectivity index (χ4n) is 2.57. The van der Waals surface area contributed by atoms with Crippen LogP contribution in [0.15, 0.2) is 47.1 Å². The average Bonchev–Trinajstić information content (AvgIpc) is 3.30. The van der Waals surface area contributed by atoms with Gasteiger partial charge in [0.05, 0.1) is 38.0 Å². The maximum Gasteiger partial charge on any atom is 0.286 e. The molecule has 0 fully saturated rings. The first-order valence-corrected chi connectivity index (χ1v) is 8.72. The second-order valence-corrected chi connectivity index (χ2v) is 5.82. The van der Waals surface area contributed by atoms with Crippen molar-refractivity contribution in [3.63, 3.8) is 0 Å². The highest BCUT2D eigenvalue weighted by molar-refractivity contribution is 5.99. The van der Waals surface area contributed by atoms with Gasteiger partial charge in [0, 0.05) is 12.1 Å². The van der Waals surface area contributed by atoms with Crippen molar-refractivity contribution < 1.29 is 28.3 Å². The van der Waals surface area contributed by atoms with Gasteiger partial charge in [0.2, 0.25) is 5.88 Å². The summed E-state index contributed by atoms with van der Waals surface area (Å²) in [6.07, 6.45) is 1.53. The largest absolute Gasteiger partial charge is 0.493 e. The molecule has 0 aliphatic heterocycles. The second-order valence-electron chi connectivity index (χ2n) is 5.82. The van der Waals surface area contributed by atoms with E-state index in [1.54, 1.807) is 24.3 Å². The number of hydrogen-bond acceptors (Lipinski definition) is 9. The molecule has 11 heteroatoms. The molecule has 2 heterocycles. The second kappa shape index (κ2) is 9.37. The molecule has 1 N–H and O–H groups in total. The average molecular weight is 414 g/mol. The molecule has 0 radical (unpaired) electrons. The van der Waals surface area contributed by atoms with Crippen molar-refractivity contribution in [1.29, 1.82) is 0 Å². The van der Waals surface area contributed by atoms with Gasteiger partial charge in [-0.2, -0.15) is 0 Å². The monoisotopic (exact) mass is 414 g/mol. The molecule has 30 heavy (non-hydrogen) atoms. The summed E-state index contributed by atoms with van der Waals surface area (Å²) in [5.74, 6) is 0.553. The Morgan fingerprint density at radius 2 is 1.93 bits per heavy atom. The number of benzene rings is 1. The number of nitrogens with zero attached hydrogens (tertiary/aromatic N) is 3. The lowest BCUT2D eigenvalue weighted by molar-refractivity contribution is -0.385. The highest BCUT2D eigenvalue weighted by Crippen LogP contribution is 2.34. The van der Waals surface area contributed by atoms with Crippen molar-refractivity contribution in [2.75, 3.05) is 27.4 Å². The summed E-state index contributed by atoms with van der Waals surface area (Å²) in [5.41, 5.74) is 0.00658. The fraction of sp³-hybridized carbons (Fsp3) is 0.211. The van der Waals surface area contributed by atoms with Crippen LogP contribution >= 0.6 is 0 Å². The smallest absolute Gasteiger partial charge is 0.286 e. The predicted molar refractivity (Wildman–Crippen MR) is 104 cm³/mol. The minimum absolute atomic E-state index is 0.0849. The van der Waals surface area contributed by atoms with Gasteiger partial charge in [-0.3, -0.25) is 14.9 Å². The van der Waals surface area contributed by atoms with Gasteiger partial charge < -0.3 is 23.9 Å². The van der Waals surface area contributed by atoms with Crippen LogP contribution in [0.1, 0.15) is 10.4 Å². The lowest BCUT2D eigenvalue weighted by atomic mass is 10.1. The summed E-state index contributed by atoms with van der Waals surface area (Å²) in [5, 5.41) is 21.8. The maximum atomic E-state index is 12.4. The zero-order chi connectivity index (χ0) is 21.5. The normalized spacial score (nSPS) is 10.3. The molecule has 2 aromatic heterocycles. The molecule has 3 rings (SSSR count). The molecule has 11 nitrogen and oxygen atoms in total. The van der Waals surface area contributed by atoms with Crippen molar-refractivity contribution >= 4 is 11.6 Å². The first-order chi connectivity index (χ1) is 14.5. The predicted octanol–water partition coefficient (Wildman–Crippen LogP) is 2.47. The number of carbonyl (C=O) groups excluding carboxylic acids is 1. The van der Waals surface area contributed by atoms with Gasteiger partial charge in [-0.05, 0) is 18.2 Å². The van der Waals surface area contributed by atoms with E-state index in [9.17, 15) is 14.9 Å². The molecule has 0 aliphatic carbocycles. The highest BCUT2D eigenvalue weighted by Gasteiger charge is 2.24. The zero-order valence-electron chi connectivity index (χ0n) is 16.2. The van der Waals surface area contributed by atoms with Crippen molar-refractivity contribution in [3.8, 4) is 28.8 Å². The summed E-state index contributed by atoms with van der Waals surface area (Å²) in [6, 6.07) is 9.20. The summed E-state index contributed by atoms with van der Waals surface area (Å²) in [4.78, 5) is 23.1. The number of nitrogens with one attached hydrogen (secondary N) is 1. The van der Waals surface area contributed by atoms with Crippen molar-refractivity contribution in [1.82, 2.24) is 15.5 Å². The molecule has 0 unspecified atom stereocenters. The third-order valence-corrected chi connectivity index (χ3v) is 3.99. The number of nitro groups is 1. The molecular weight excluding hydrogens is 396 g/mol. The van der Waals surface area contributed by atoms with Gasteiger partial charge in [-0.15, -0.1) is 10.2 Å². The topological polar surface area (TPSA) is 139 Å². The molecule has 0 saturated heterocycles. The lowest BCUT2D eigenvalue weighted by Gasteiger charge is -2.11. The van der Waals surface area contributed by atoms with E-state index in [4.69, 9.17) is 18.6 Å². The van der Waals surface area contributed by atoms with Gasteiger partial charge in [-0.1, -0.05) is 0 Å². The molecule has 0 bridgehead atoms. The van der Waals surface area contributed by atoms with Crippen LogP contribution < -0.4 is 19.5 Å². The number of nitro benzene ring substituents is 1. The maximum absolute atomic E-state index is 12.4. The number of methoxy groups -OCH3 is 2. The molecule has 0 atom stereocenters. The number of aromatic nitrogens is 2. The molecule has 0 aliphatic rings. The Kier molecular flexibility index (Phi) is 6.42. The Morgan fingerprint density at radius 3 is 2.53 bits per heavy atom. The van der Waals surface area contributed by atoms with E-state index >= 15 is 0 Å². The number of ether oxygens (including phenoxy) is 3. The van der Waals surface area contributed by atoms with Crippen LogP contribution in [0.25, 0.3) is 11.5 Å². The standard InChI is InChI=1S/C19H18N4O7/c1-27-16-10-12(14(23(25)26)11-17(16)28-2)19(24)20-7-9-30-18-6-5-13(21-22-18)15-4-3-8-29-15/h3-6,8,10-11H,7,9H2,1-2H3,(H,20,24). The fourth-order valence-corrected chi connectivity index (χ4v) is 2.57. The van der Waals surface area contributed by atoms with E-state index in [2.05, 4.69) is 15.5 Å². The van der Waals surface area contributed by atoms with E-state index in [1.807, 2.05) is 0 Å². The summed E-state index contributed by atoms with van der Waals surface area (Å²) in [7, 11) is 2.72. The molecule has 3 aromatic rings. The van der Waals surface area contributed by atoms with Gasteiger partial charge in [-0.25, -0.2) is 0 Å². The molecule has 1 aromatic carbocycles. The quantitative estimate of drug-likeness (QED) is 0.318. The Bertz CT molecular complexity index is 1020. The minimum Gasteiger partial charge on any atom is -0.493 e. The van der Waals surface area contributed by atoms with Crippen LogP contribution in [-0.2, 0) is 0 Å². The first kappa shape index (κ1) is 20.6. The van der Waals surface area contributed by atoms with Crippen LogP contribution in [0.4, 0.5) is 5.69 Å². The van der Waals surface area contributed by atoms with Crippen LogP contribution in [0.5, 0.6) is 17.4 Å². The van der Waals surface area contributed by atoms with Gasteiger partial charge in [0.15, 0.2) is 17.3 Å². The van der Waals surface area contributed by atoms with Crippen molar-refractivity contribution in [2.24, 2.45) is 0 Å². The summed E-state index contributed by atoms with van der Waals surface area (Å²) < 4.78 is 20.8. The summed E-state index contributed by atoms with van der Waals surface area (Å²) >= 11 is 0. The number of furan rings is 1. The van der Waals surface area contributed by atoms with Crippen LogP contribution in [-0.4, -0.2) is 48.4 Å². The highest BCUT2D eigenvalue weighted by atomic mass is 16.6. The number of carbonyl (C=O) groups is 1.